The minimum atomic E-state index is -3.82. The molecule has 0 bridgehead atoms. The lowest BCUT2D eigenvalue weighted by atomic mass is 10.0. The molecule has 0 atom stereocenters. The van der Waals surface area contributed by atoms with Gasteiger partial charge in [0.1, 0.15) is 17.2 Å². The summed E-state index contributed by atoms with van der Waals surface area (Å²) in [7, 11) is -3.82. The van der Waals surface area contributed by atoms with Gasteiger partial charge in [-0.15, -0.1) is 0 Å². The van der Waals surface area contributed by atoms with Gasteiger partial charge in [-0.05, 0) is 19.9 Å². The Morgan fingerprint density at radius 1 is 1.17 bits per heavy atom. The van der Waals surface area contributed by atoms with Crippen LogP contribution in [0.4, 0.5) is 5.69 Å². The van der Waals surface area contributed by atoms with Crippen molar-refractivity contribution in [2.45, 2.75) is 31.6 Å². The molecule has 122 valence electrons. The number of sulfonamides is 1. The minimum Gasteiger partial charge on any atom is -0.493 e. The molecule has 2 aliphatic heterocycles. The standard InChI is InChI=1S/C15H16N2O5S/c1-8-15(9(2)22-16-8)23(18,19)17-13-11-4-6-20-12(11)7-10-3-5-21-14(10)13/h7,17H,3-6H2,1-2H3. The van der Waals surface area contributed by atoms with Crippen LogP contribution < -0.4 is 14.2 Å². The number of nitrogens with zero attached hydrogens (tertiary/aromatic N) is 1. The summed E-state index contributed by atoms with van der Waals surface area (Å²) in [5.41, 5.74) is 2.60. The minimum absolute atomic E-state index is 0.0702. The second-order valence-corrected chi connectivity index (χ2v) is 7.29. The summed E-state index contributed by atoms with van der Waals surface area (Å²) in [6, 6.07) is 1.94. The average molecular weight is 336 g/mol. The fraction of sp³-hybridized carbons (Fsp3) is 0.400. The van der Waals surface area contributed by atoms with E-state index in [9.17, 15) is 8.42 Å². The van der Waals surface area contributed by atoms with Gasteiger partial charge in [0.25, 0.3) is 10.0 Å². The maximum atomic E-state index is 12.8. The number of benzene rings is 1. The predicted octanol–water partition coefficient (Wildman–Crippen LogP) is 1.96. The lowest BCUT2D eigenvalue weighted by Gasteiger charge is -2.15. The summed E-state index contributed by atoms with van der Waals surface area (Å²) < 4.78 is 44.5. The summed E-state index contributed by atoms with van der Waals surface area (Å²) in [6.45, 7) is 4.26. The molecule has 0 saturated carbocycles. The first kappa shape index (κ1) is 14.4. The van der Waals surface area contributed by atoms with Crippen LogP contribution in [0.5, 0.6) is 11.5 Å². The van der Waals surface area contributed by atoms with E-state index in [4.69, 9.17) is 14.0 Å². The van der Waals surface area contributed by atoms with E-state index in [2.05, 4.69) is 9.88 Å². The van der Waals surface area contributed by atoms with Crippen LogP contribution in [0, 0.1) is 13.8 Å². The fourth-order valence-corrected chi connectivity index (χ4v) is 4.57. The number of aromatic nitrogens is 1. The number of aryl methyl sites for hydroxylation is 2. The molecule has 1 aromatic heterocycles. The number of hydrogen-bond acceptors (Lipinski definition) is 6. The third kappa shape index (κ3) is 2.16. The Bertz CT molecular complexity index is 849. The van der Waals surface area contributed by atoms with Crippen molar-refractivity contribution in [3.63, 3.8) is 0 Å². The molecule has 1 N–H and O–H groups in total. The van der Waals surface area contributed by atoms with Gasteiger partial charge in [-0.3, -0.25) is 4.72 Å². The smallest absolute Gasteiger partial charge is 0.267 e. The highest BCUT2D eigenvalue weighted by Crippen LogP contribution is 2.45. The highest BCUT2D eigenvalue weighted by atomic mass is 32.2. The predicted molar refractivity (Wildman–Crippen MR) is 81.6 cm³/mol. The molecule has 3 heterocycles. The molecular formula is C15H16N2O5S. The van der Waals surface area contributed by atoms with Crippen LogP contribution in [0.1, 0.15) is 22.6 Å². The SMILES string of the molecule is Cc1noc(C)c1S(=O)(=O)Nc1c2c(cc3c1OCC3)OCC2. The second-order valence-electron chi connectivity index (χ2n) is 5.67. The summed E-state index contributed by atoms with van der Waals surface area (Å²) in [5.74, 6) is 1.59. The number of nitrogens with one attached hydrogen (secondary N) is 1. The topological polar surface area (TPSA) is 90.7 Å². The number of rotatable bonds is 3. The molecule has 8 heteroatoms. The Hall–Kier alpha value is -2.22. The monoisotopic (exact) mass is 336 g/mol. The van der Waals surface area contributed by atoms with Gasteiger partial charge in [0, 0.05) is 24.0 Å². The number of ether oxygens (including phenoxy) is 2. The molecule has 23 heavy (non-hydrogen) atoms. The quantitative estimate of drug-likeness (QED) is 0.921. The maximum absolute atomic E-state index is 12.8. The molecule has 0 amide bonds. The lowest BCUT2D eigenvalue weighted by molar-refractivity contribution is 0.356. The molecule has 0 unspecified atom stereocenters. The molecule has 0 aliphatic carbocycles. The molecular weight excluding hydrogens is 320 g/mol. The van der Waals surface area contributed by atoms with Crippen LogP contribution in [0.3, 0.4) is 0 Å². The Balaban J connectivity index is 1.84. The zero-order chi connectivity index (χ0) is 16.2. The van der Waals surface area contributed by atoms with Crippen molar-refractivity contribution in [3.8, 4) is 11.5 Å². The van der Waals surface area contributed by atoms with Gasteiger partial charge >= 0.3 is 0 Å². The maximum Gasteiger partial charge on any atom is 0.267 e. The van der Waals surface area contributed by atoms with E-state index in [-0.39, 0.29) is 10.7 Å². The van der Waals surface area contributed by atoms with Crippen molar-refractivity contribution in [3.05, 3.63) is 28.6 Å². The van der Waals surface area contributed by atoms with Crippen LogP contribution in [0.15, 0.2) is 15.5 Å². The summed E-state index contributed by atoms with van der Waals surface area (Å²) in [6.07, 6.45) is 1.39. The zero-order valence-corrected chi connectivity index (χ0v) is 13.6. The number of anilines is 1. The Kier molecular flexibility index (Phi) is 3.06. The first-order chi connectivity index (χ1) is 11.0. The van der Waals surface area contributed by atoms with Crippen molar-refractivity contribution < 1.29 is 22.4 Å². The van der Waals surface area contributed by atoms with E-state index in [0.717, 1.165) is 23.3 Å². The Morgan fingerprint density at radius 3 is 2.70 bits per heavy atom. The molecule has 0 spiro atoms. The Morgan fingerprint density at radius 2 is 1.96 bits per heavy atom. The van der Waals surface area contributed by atoms with Gasteiger partial charge in [0.05, 0.1) is 18.9 Å². The van der Waals surface area contributed by atoms with Crippen molar-refractivity contribution in [1.82, 2.24) is 5.16 Å². The lowest BCUT2D eigenvalue weighted by Crippen LogP contribution is -2.16. The zero-order valence-electron chi connectivity index (χ0n) is 12.8. The van der Waals surface area contributed by atoms with E-state index in [1.54, 1.807) is 13.8 Å². The molecule has 2 aromatic rings. The van der Waals surface area contributed by atoms with E-state index >= 15 is 0 Å². The summed E-state index contributed by atoms with van der Waals surface area (Å²) in [5, 5.41) is 3.72. The molecule has 0 radical (unpaired) electrons. The van der Waals surface area contributed by atoms with Crippen LogP contribution in [0.2, 0.25) is 0 Å². The van der Waals surface area contributed by atoms with Gasteiger partial charge in [0.2, 0.25) is 0 Å². The highest BCUT2D eigenvalue weighted by molar-refractivity contribution is 7.92. The second kappa shape index (κ2) is 4.89. The molecule has 0 saturated heterocycles. The fourth-order valence-electron chi connectivity index (χ4n) is 3.14. The van der Waals surface area contributed by atoms with E-state index < -0.39 is 10.0 Å². The molecule has 0 fully saturated rings. The number of fused-ring (bicyclic) bond motifs is 2. The third-order valence-corrected chi connectivity index (χ3v) is 5.72. The van der Waals surface area contributed by atoms with Crippen molar-refractivity contribution >= 4 is 15.7 Å². The van der Waals surface area contributed by atoms with E-state index in [1.165, 1.54) is 0 Å². The summed E-state index contributed by atoms with van der Waals surface area (Å²) in [4.78, 5) is 0.0702. The number of hydrogen-bond donors (Lipinski definition) is 1. The normalized spacial score (nSPS) is 15.7. The largest absolute Gasteiger partial charge is 0.493 e. The molecule has 7 nitrogen and oxygen atoms in total. The average Bonchev–Trinajstić information content (AvgIpc) is 3.18. The van der Waals surface area contributed by atoms with Crippen molar-refractivity contribution in [2.75, 3.05) is 17.9 Å². The van der Waals surface area contributed by atoms with E-state index in [0.29, 0.717) is 36.8 Å². The first-order valence-electron chi connectivity index (χ1n) is 7.37. The van der Waals surface area contributed by atoms with Crippen LogP contribution in [-0.4, -0.2) is 26.8 Å². The van der Waals surface area contributed by atoms with Gasteiger partial charge < -0.3 is 14.0 Å². The van der Waals surface area contributed by atoms with Crippen LogP contribution >= 0.6 is 0 Å². The van der Waals surface area contributed by atoms with Crippen molar-refractivity contribution in [2.24, 2.45) is 0 Å². The van der Waals surface area contributed by atoms with Gasteiger partial charge in [-0.25, -0.2) is 8.42 Å². The van der Waals surface area contributed by atoms with Gasteiger partial charge in [-0.1, -0.05) is 5.16 Å². The Labute approximate surface area is 133 Å². The molecule has 1 aromatic carbocycles. The molecule has 2 aliphatic rings. The van der Waals surface area contributed by atoms with Crippen LogP contribution in [-0.2, 0) is 22.9 Å². The third-order valence-electron chi connectivity index (χ3n) is 4.12. The van der Waals surface area contributed by atoms with Crippen molar-refractivity contribution in [1.29, 1.82) is 0 Å². The van der Waals surface area contributed by atoms with Gasteiger partial charge in [-0.2, -0.15) is 0 Å². The molecule has 4 rings (SSSR count). The van der Waals surface area contributed by atoms with Gasteiger partial charge in [0.15, 0.2) is 10.7 Å². The van der Waals surface area contributed by atoms with Crippen LogP contribution in [0.25, 0.3) is 0 Å². The summed E-state index contributed by atoms with van der Waals surface area (Å²) >= 11 is 0. The van der Waals surface area contributed by atoms with E-state index in [1.807, 2.05) is 6.07 Å². The highest BCUT2D eigenvalue weighted by Gasteiger charge is 2.31. The first-order valence-corrected chi connectivity index (χ1v) is 8.86.